The number of hydrogen-bond donors (Lipinski definition) is 0. The van der Waals surface area contributed by atoms with E-state index >= 15 is 0 Å². The fraction of sp³-hybridized carbons (Fsp3) is 0. The van der Waals surface area contributed by atoms with Gasteiger partial charge >= 0.3 is 0 Å². The molecule has 0 saturated carbocycles. The second-order valence-corrected chi connectivity index (χ2v) is 8.87. The molecule has 2 heterocycles. The lowest BCUT2D eigenvalue weighted by Crippen LogP contribution is -2.06. The molecule has 0 aliphatic rings. The van der Waals surface area contributed by atoms with Crippen LogP contribution in [0.4, 0.5) is 11.4 Å². The second kappa shape index (κ2) is 12.5. The molecule has 0 radical (unpaired) electrons. The van der Waals surface area contributed by atoms with Crippen molar-refractivity contribution >= 4 is 69.3 Å². The fourth-order valence-corrected chi connectivity index (χ4v) is 4.15. The van der Waals surface area contributed by atoms with Gasteiger partial charge in [-0.2, -0.15) is 0 Å². The van der Waals surface area contributed by atoms with E-state index in [4.69, 9.17) is 46.4 Å². The molecule has 0 amide bonds. The topological polar surface area (TPSA) is 146 Å². The predicted octanol–water partition coefficient (Wildman–Crippen LogP) is 7.06. The number of ketones is 2. The normalized spacial score (nSPS) is 10.2. The molecule has 192 valence electrons. The van der Waals surface area contributed by atoms with Crippen LogP contribution in [0.2, 0.25) is 20.1 Å². The third-order valence-corrected chi connectivity index (χ3v) is 5.92. The van der Waals surface area contributed by atoms with Crippen LogP contribution in [0, 0.1) is 20.2 Å². The van der Waals surface area contributed by atoms with E-state index in [1.807, 2.05) is 0 Å². The summed E-state index contributed by atoms with van der Waals surface area (Å²) in [5.74, 6) is -0.975. The number of benzene rings is 2. The van der Waals surface area contributed by atoms with Crippen LogP contribution in [0.15, 0.2) is 73.3 Å². The maximum absolute atomic E-state index is 12.2. The summed E-state index contributed by atoms with van der Waals surface area (Å²) in [5, 5.41) is 21.7. The van der Waals surface area contributed by atoms with Crippen molar-refractivity contribution in [3.63, 3.8) is 0 Å². The molecule has 2 aromatic heterocycles. The van der Waals surface area contributed by atoms with Gasteiger partial charge in [-0.3, -0.25) is 39.8 Å². The number of nitrogens with zero attached hydrogens (tertiary/aromatic N) is 4. The lowest BCUT2D eigenvalue weighted by atomic mass is 10.0. The van der Waals surface area contributed by atoms with Gasteiger partial charge in [-0.15, -0.1) is 0 Å². The maximum Gasteiger partial charge on any atom is 0.299 e. The minimum Gasteiger partial charge on any atom is -0.289 e. The van der Waals surface area contributed by atoms with Gasteiger partial charge < -0.3 is 0 Å². The number of hydrogen-bond acceptors (Lipinski definition) is 8. The molecule has 0 saturated heterocycles. The lowest BCUT2D eigenvalue weighted by molar-refractivity contribution is -0.385. The van der Waals surface area contributed by atoms with E-state index in [9.17, 15) is 29.8 Å². The van der Waals surface area contributed by atoms with Gasteiger partial charge in [-0.1, -0.05) is 46.4 Å². The number of nitro benzene ring substituents is 2. The Bertz CT molecular complexity index is 1550. The molecule has 2 aromatic carbocycles. The van der Waals surface area contributed by atoms with Gasteiger partial charge in [0, 0.05) is 57.6 Å². The first-order valence-corrected chi connectivity index (χ1v) is 11.7. The number of nitro groups is 2. The average molecular weight is 594 g/mol. The molecule has 0 bridgehead atoms. The first-order chi connectivity index (χ1) is 18.0. The molecule has 0 N–H and O–H groups in total. The zero-order valence-corrected chi connectivity index (χ0v) is 21.7. The zero-order valence-electron chi connectivity index (χ0n) is 18.7. The molecule has 0 fully saturated rings. The first kappa shape index (κ1) is 28.6. The summed E-state index contributed by atoms with van der Waals surface area (Å²) in [4.78, 5) is 52.4. The number of carbonyl (C=O) groups excluding carboxylic acids is 2. The van der Waals surface area contributed by atoms with Crippen molar-refractivity contribution in [2.75, 3.05) is 0 Å². The molecular weight excluding hydrogens is 582 g/mol. The van der Waals surface area contributed by atoms with Gasteiger partial charge in [0.15, 0.2) is 11.6 Å². The van der Waals surface area contributed by atoms with Crippen LogP contribution in [0.1, 0.15) is 31.8 Å². The first-order valence-electron chi connectivity index (χ1n) is 10.2. The summed E-state index contributed by atoms with van der Waals surface area (Å²) < 4.78 is 0. The Hall–Kier alpha value is -3.96. The van der Waals surface area contributed by atoms with Gasteiger partial charge in [0.25, 0.3) is 11.4 Å². The van der Waals surface area contributed by atoms with Crippen LogP contribution in [0.3, 0.4) is 0 Å². The highest BCUT2D eigenvalue weighted by Gasteiger charge is 2.26. The summed E-state index contributed by atoms with van der Waals surface area (Å²) in [5.41, 5.74) is -0.398. The summed E-state index contributed by atoms with van der Waals surface area (Å²) in [6, 6.07) is 10.8. The second-order valence-electron chi connectivity index (χ2n) is 7.21. The standard InChI is InChI=1S/2C12H6Cl2N2O3/c13-8-5-9(11(14)10(6-8)16(18)19)12(17)7-1-3-15-4-2-7;13-8-5-9(11(16(18)19)10(14)6-8)12(17)7-1-3-15-4-2-7/h2*1-6H. The van der Waals surface area contributed by atoms with E-state index in [0.29, 0.717) is 5.56 Å². The SMILES string of the molecule is O=C(c1ccncc1)c1cc(Cl)cc(Cl)c1[N+](=O)[O-].O=C(c1ccncc1)c1cc(Cl)cc([N+](=O)[O-])c1Cl. The third-order valence-electron chi connectivity index (χ3n) is 4.80. The van der Waals surface area contributed by atoms with Gasteiger partial charge in [0.05, 0.1) is 9.85 Å². The van der Waals surface area contributed by atoms with E-state index in [0.717, 1.165) is 6.07 Å². The quantitative estimate of drug-likeness (QED) is 0.131. The van der Waals surface area contributed by atoms with E-state index in [1.165, 1.54) is 67.3 Å². The van der Waals surface area contributed by atoms with E-state index in [2.05, 4.69) is 9.97 Å². The Morgan fingerprint density at radius 1 is 0.658 bits per heavy atom. The fourth-order valence-electron chi connectivity index (χ4n) is 3.12. The van der Waals surface area contributed by atoms with E-state index in [1.54, 1.807) is 0 Å². The number of rotatable bonds is 6. The number of pyridine rings is 2. The molecule has 4 aromatic rings. The lowest BCUT2D eigenvalue weighted by Gasteiger charge is -2.05. The highest BCUT2D eigenvalue weighted by molar-refractivity contribution is 6.39. The molecule has 0 atom stereocenters. The van der Waals surface area contributed by atoms with E-state index < -0.39 is 32.8 Å². The average Bonchev–Trinajstić information content (AvgIpc) is 2.89. The number of carbonyl (C=O) groups is 2. The van der Waals surface area contributed by atoms with Crippen molar-refractivity contribution in [2.45, 2.75) is 0 Å². The number of halogens is 4. The molecule has 38 heavy (non-hydrogen) atoms. The minimum absolute atomic E-state index is 0.00735. The van der Waals surface area contributed by atoms with Crippen LogP contribution in [-0.2, 0) is 0 Å². The predicted molar refractivity (Wildman–Crippen MR) is 142 cm³/mol. The summed E-state index contributed by atoms with van der Waals surface area (Å²) in [6.45, 7) is 0. The molecule has 0 unspecified atom stereocenters. The van der Waals surface area contributed by atoms with Crippen molar-refractivity contribution < 1.29 is 19.4 Å². The highest BCUT2D eigenvalue weighted by atomic mass is 35.5. The van der Waals surface area contributed by atoms with Gasteiger partial charge in [-0.05, 0) is 42.5 Å². The smallest absolute Gasteiger partial charge is 0.289 e. The summed E-state index contributed by atoms with van der Waals surface area (Å²) >= 11 is 23.2. The third kappa shape index (κ3) is 6.67. The van der Waals surface area contributed by atoms with Crippen molar-refractivity contribution in [1.29, 1.82) is 0 Å². The molecule has 14 heteroatoms. The van der Waals surface area contributed by atoms with Crippen LogP contribution in [0.5, 0.6) is 0 Å². The van der Waals surface area contributed by atoms with Crippen LogP contribution >= 0.6 is 46.4 Å². The minimum atomic E-state index is -0.701. The maximum atomic E-state index is 12.2. The Kier molecular flexibility index (Phi) is 9.43. The number of aromatic nitrogens is 2. The van der Waals surface area contributed by atoms with Crippen LogP contribution < -0.4 is 0 Å². The van der Waals surface area contributed by atoms with Crippen LogP contribution in [-0.4, -0.2) is 31.4 Å². The van der Waals surface area contributed by atoms with Crippen molar-refractivity contribution in [3.8, 4) is 0 Å². The molecule has 4 rings (SSSR count). The Labute approximate surface area is 234 Å². The Balaban J connectivity index is 0.000000211. The van der Waals surface area contributed by atoms with E-state index in [-0.39, 0.29) is 36.8 Å². The molecular formula is C24H12Cl4N4O6. The molecule has 0 spiro atoms. The molecule has 0 aliphatic heterocycles. The monoisotopic (exact) mass is 592 g/mol. The highest BCUT2D eigenvalue weighted by Crippen LogP contribution is 2.34. The largest absolute Gasteiger partial charge is 0.299 e. The summed E-state index contributed by atoms with van der Waals surface area (Å²) in [7, 11) is 0. The van der Waals surface area contributed by atoms with Crippen molar-refractivity contribution in [1.82, 2.24) is 9.97 Å². The van der Waals surface area contributed by atoms with Gasteiger partial charge in [0.2, 0.25) is 0 Å². The van der Waals surface area contributed by atoms with Gasteiger partial charge in [0.1, 0.15) is 15.6 Å². The van der Waals surface area contributed by atoms with Gasteiger partial charge in [-0.25, -0.2) is 0 Å². The summed E-state index contributed by atoms with van der Waals surface area (Å²) in [6.07, 6.45) is 5.73. The van der Waals surface area contributed by atoms with Crippen LogP contribution in [0.25, 0.3) is 0 Å². The Morgan fingerprint density at radius 2 is 1.11 bits per heavy atom. The molecule has 10 nitrogen and oxygen atoms in total. The zero-order chi connectivity index (χ0) is 28.0. The molecule has 0 aliphatic carbocycles. The Morgan fingerprint density at radius 3 is 1.58 bits per heavy atom. The van der Waals surface area contributed by atoms with Crippen molar-refractivity contribution in [3.05, 3.63) is 136 Å². The van der Waals surface area contributed by atoms with Crippen molar-refractivity contribution in [2.24, 2.45) is 0 Å².